The molecule has 120 valence electrons. The van der Waals surface area contributed by atoms with E-state index in [1.165, 1.54) is 28.9 Å². The lowest BCUT2D eigenvalue weighted by Crippen LogP contribution is -2.18. The predicted molar refractivity (Wildman–Crippen MR) is 95.0 cm³/mol. The Morgan fingerprint density at radius 2 is 1.25 bits per heavy atom. The van der Waals surface area contributed by atoms with Crippen LogP contribution in [0.25, 0.3) is 0 Å². The van der Waals surface area contributed by atoms with Crippen LogP contribution < -0.4 is 0 Å². The van der Waals surface area contributed by atoms with Gasteiger partial charge in [0.25, 0.3) is 0 Å². The lowest BCUT2D eigenvalue weighted by atomic mass is 9.78. The van der Waals surface area contributed by atoms with Crippen molar-refractivity contribution in [1.82, 2.24) is 4.98 Å². The van der Waals surface area contributed by atoms with E-state index in [1.54, 1.807) is 0 Å². The van der Waals surface area contributed by atoms with Gasteiger partial charge in [-0.25, -0.2) is 0 Å². The maximum Gasteiger partial charge on any atom is 0.0236 e. The standard InChI is InChI=1S/C15H27N.2C2H6/c1-9-15(7,8)12-10(2)13(14(4,5)6)16-11(12)3;2*1-2/h16H,9H2,1-8H3;2*1-2H3. The highest BCUT2D eigenvalue weighted by Crippen LogP contribution is 2.37. The van der Waals surface area contributed by atoms with E-state index in [9.17, 15) is 0 Å². The number of aromatic nitrogens is 1. The molecule has 0 radical (unpaired) electrons. The van der Waals surface area contributed by atoms with Gasteiger partial charge < -0.3 is 4.98 Å². The SMILES string of the molecule is CC.CC.CCC(C)(C)c1c(C)[nH]c(C(C)(C)C)c1C. The van der Waals surface area contributed by atoms with Crippen molar-refractivity contribution >= 4 is 0 Å². The van der Waals surface area contributed by atoms with E-state index in [1.807, 2.05) is 27.7 Å². The molecular formula is C19H39N. The monoisotopic (exact) mass is 281 g/mol. The predicted octanol–water partition coefficient (Wildman–Crippen LogP) is 6.67. The molecule has 0 aliphatic rings. The average Bonchev–Trinajstić information content (AvgIpc) is 2.70. The second kappa shape index (κ2) is 8.54. The first-order chi connectivity index (χ1) is 9.11. The molecule has 1 N–H and O–H groups in total. The maximum absolute atomic E-state index is 3.59. The minimum atomic E-state index is 0.205. The first-order valence-electron chi connectivity index (χ1n) is 8.31. The van der Waals surface area contributed by atoms with Gasteiger partial charge in [-0.05, 0) is 36.8 Å². The molecule has 0 aromatic carbocycles. The Labute approximate surface area is 128 Å². The zero-order valence-electron chi connectivity index (χ0n) is 16.2. The summed E-state index contributed by atoms with van der Waals surface area (Å²) in [5.74, 6) is 0. The summed E-state index contributed by atoms with van der Waals surface area (Å²) in [6.07, 6.45) is 1.18. The number of nitrogens with one attached hydrogen (secondary N) is 1. The molecule has 1 aromatic rings. The number of hydrogen-bond acceptors (Lipinski definition) is 0. The van der Waals surface area contributed by atoms with Gasteiger partial charge >= 0.3 is 0 Å². The van der Waals surface area contributed by atoms with Gasteiger partial charge in [0.2, 0.25) is 0 Å². The van der Waals surface area contributed by atoms with Crippen LogP contribution in [0.5, 0.6) is 0 Å². The lowest BCUT2D eigenvalue weighted by molar-refractivity contribution is 0.500. The normalized spacial score (nSPS) is 11.2. The smallest absolute Gasteiger partial charge is 0.0236 e. The van der Waals surface area contributed by atoms with Crippen molar-refractivity contribution in [2.75, 3.05) is 0 Å². The summed E-state index contributed by atoms with van der Waals surface area (Å²) in [4.78, 5) is 3.59. The first kappa shape index (κ1) is 21.6. The molecule has 0 fully saturated rings. The van der Waals surface area contributed by atoms with Crippen LogP contribution in [0.15, 0.2) is 0 Å². The van der Waals surface area contributed by atoms with Crippen LogP contribution in [0.4, 0.5) is 0 Å². The summed E-state index contributed by atoms with van der Waals surface area (Å²) in [6, 6.07) is 0. The second-order valence-electron chi connectivity index (χ2n) is 6.61. The van der Waals surface area contributed by atoms with Crippen molar-refractivity contribution in [2.24, 2.45) is 0 Å². The fraction of sp³-hybridized carbons (Fsp3) is 0.789. The summed E-state index contributed by atoms with van der Waals surface area (Å²) < 4.78 is 0. The molecule has 0 amide bonds. The van der Waals surface area contributed by atoms with Gasteiger partial charge in [0.05, 0.1) is 0 Å². The van der Waals surface area contributed by atoms with E-state index in [0.29, 0.717) is 0 Å². The molecule has 0 aliphatic heterocycles. The Morgan fingerprint density at radius 3 is 1.50 bits per heavy atom. The van der Waals surface area contributed by atoms with Crippen LogP contribution in [-0.4, -0.2) is 4.98 Å². The number of aromatic amines is 1. The Hall–Kier alpha value is -0.720. The molecule has 1 nitrogen and oxygen atoms in total. The van der Waals surface area contributed by atoms with Crippen LogP contribution in [0.2, 0.25) is 0 Å². The number of H-pyrrole nitrogens is 1. The zero-order valence-corrected chi connectivity index (χ0v) is 16.2. The molecule has 0 aliphatic carbocycles. The van der Waals surface area contributed by atoms with E-state index < -0.39 is 0 Å². The van der Waals surface area contributed by atoms with E-state index >= 15 is 0 Å². The van der Waals surface area contributed by atoms with E-state index in [4.69, 9.17) is 0 Å². The van der Waals surface area contributed by atoms with Gasteiger partial charge in [-0.15, -0.1) is 0 Å². The average molecular weight is 282 g/mol. The Kier molecular flexibility index (Phi) is 9.21. The highest BCUT2D eigenvalue weighted by molar-refractivity contribution is 5.43. The molecule has 0 spiro atoms. The highest BCUT2D eigenvalue weighted by atomic mass is 14.8. The van der Waals surface area contributed by atoms with Gasteiger partial charge in [-0.2, -0.15) is 0 Å². The molecule has 20 heavy (non-hydrogen) atoms. The van der Waals surface area contributed by atoms with Crippen LogP contribution in [0.3, 0.4) is 0 Å². The van der Waals surface area contributed by atoms with Gasteiger partial charge in [-0.1, -0.05) is 69.2 Å². The molecule has 1 heterocycles. The van der Waals surface area contributed by atoms with Crippen molar-refractivity contribution in [3.05, 3.63) is 22.5 Å². The number of rotatable bonds is 2. The minimum absolute atomic E-state index is 0.205. The number of hydrogen-bond donors (Lipinski definition) is 1. The van der Waals surface area contributed by atoms with Crippen LogP contribution in [-0.2, 0) is 10.8 Å². The summed E-state index contributed by atoms with van der Waals surface area (Å²) in [7, 11) is 0. The highest BCUT2D eigenvalue weighted by Gasteiger charge is 2.29. The van der Waals surface area contributed by atoms with E-state index in [0.717, 1.165) is 0 Å². The lowest BCUT2D eigenvalue weighted by Gasteiger charge is -2.25. The largest absolute Gasteiger partial charge is 0.362 e. The fourth-order valence-corrected chi connectivity index (χ4v) is 2.69. The third-order valence-electron chi connectivity index (χ3n) is 3.75. The minimum Gasteiger partial charge on any atom is -0.362 e. The second-order valence-corrected chi connectivity index (χ2v) is 6.61. The molecular weight excluding hydrogens is 242 g/mol. The topological polar surface area (TPSA) is 15.8 Å². The molecule has 1 aromatic heterocycles. The molecule has 0 saturated heterocycles. The molecule has 1 heteroatoms. The zero-order chi connectivity index (χ0) is 16.7. The molecule has 0 bridgehead atoms. The van der Waals surface area contributed by atoms with Gasteiger partial charge in [0.15, 0.2) is 0 Å². The fourth-order valence-electron chi connectivity index (χ4n) is 2.69. The quantitative estimate of drug-likeness (QED) is 0.623. The van der Waals surface area contributed by atoms with Crippen molar-refractivity contribution < 1.29 is 0 Å². The third kappa shape index (κ3) is 5.00. The maximum atomic E-state index is 3.59. The Morgan fingerprint density at radius 1 is 0.850 bits per heavy atom. The van der Waals surface area contributed by atoms with Crippen LogP contribution in [0, 0.1) is 13.8 Å². The van der Waals surface area contributed by atoms with Gasteiger partial charge in [-0.3, -0.25) is 0 Å². The number of aryl methyl sites for hydroxylation is 1. The van der Waals surface area contributed by atoms with Crippen molar-refractivity contribution in [3.8, 4) is 0 Å². The van der Waals surface area contributed by atoms with Gasteiger partial charge in [0, 0.05) is 16.8 Å². The van der Waals surface area contributed by atoms with Crippen LogP contribution >= 0.6 is 0 Å². The molecule has 0 unspecified atom stereocenters. The summed E-state index contributed by atoms with van der Waals surface area (Å²) in [5.41, 5.74) is 6.18. The van der Waals surface area contributed by atoms with E-state index in [2.05, 4.69) is 60.4 Å². The first-order valence-corrected chi connectivity index (χ1v) is 8.31. The summed E-state index contributed by atoms with van der Waals surface area (Å²) in [5, 5.41) is 0. The van der Waals surface area contributed by atoms with Crippen molar-refractivity contribution in [3.63, 3.8) is 0 Å². The van der Waals surface area contributed by atoms with Crippen LogP contribution in [0.1, 0.15) is 98.2 Å². The van der Waals surface area contributed by atoms with Crippen molar-refractivity contribution in [2.45, 2.75) is 100 Å². The van der Waals surface area contributed by atoms with Gasteiger partial charge in [0.1, 0.15) is 0 Å². The Bertz CT molecular complexity index is 375. The Balaban J connectivity index is 0. The summed E-state index contributed by atoms with van der Waals surface area (Å²) in [6.45, 7) is 26.2. The van der Waals surface area contributed by atoms with E-state index in [-0.39, 0.29) is 10.8 Å². The molecule has 0 saturated carbocycles. The third-order valence-corrected chi connectivity index (χ3v) is 3.75. The molecule has 1 rings (SSSR count). The summed E-state index contributed by atoms with van der Waals surface area (Å²) >= 11 is 0. The van der Waals surface area contributed by atoms with Crippen molar-refractivity contribution in [1.29, 1.82) is 0 Å². The molecule has 0 atom stereocenters.